The van der Waals surface area contributed by atoms with Gasteiger partial charge in [0.1, 0.15) is 0 Å². The van der Waals surface area contributed by atoms with E-state index in [4.69, 9.17) is 0 Å². The first-order valence-corrected chi connectivity index (χ1v) is 10.0. The van der Waals surface area contributed by atoms with Crippen molar-refractivity contribution in [3.63, 3.8) is 0 Å². The number of unbranched alkanes of at least 4 members (excludes halogenated alkanes) is 10. The summed E-state index contributed by atoms with van der Waals surface area (Å²) in [5.74, 6) is 0.270. The van der Waals surface area contributed by atoms with Crippen molar-refractivity contribution < 1.29 is 4.79 Å². The number of carbonyl (C=O) groups excluding carboxylic acids is 1. The first kappa shape index (κ1) is 22.4. The molecule has 0 radical (unpaired) electrons. The highest BCUT2D eigenvalue weighted by Crippen LogP contribution is 2.07. The monoisotopic (exact) mass is 326 g/mol. The number of hydrogen-bond donors (Lipinski definition) is 0. The molecule has 138 valence electrons. The molecule has 0 bridgehead atoms. The highest BCUT2D eigenvalue weighted by Gasteiger charge is 2.11. The maximum absolute atomic E-state index is 12.2. The van der Waals surface area contributed by atoms with Crippen LogP contribution in [-0.4, -0.2) is 49.4 Å². The largest absolute Gasteiger partial charge is 0.345 e. The minimum Gasteiger partial charge on any atom is -0.345 e. The summed E-state index contributed by atoms with van der Waals surface area (Å²) >= 11 is 0. The molecule has 3 nitrogen and oxygen atoms in total. The average molecular weight is 327 g/mol. The first-order valence-electron chi connectivity index (χ1n) is 10.0. The van der Waals surface area contributed by atoms with Crippen LogP contribution in [0.1, 0.15) is 90.9 Å². The van der Waals surface area contributed by atoms with Crippen LogP contribution >= 0.6 is 0 Å². The number of carbonyl (C=O) groups is 1. The fraction of sp³-hybridized carbons (Fsp3) is 0.950. The van der Waals surface area contributed by atoms with Crippen molar-refractivity contribution in [2.24, 2.45) is 0 Å². The molecule has 0 fully saturated rings. The molecule has 0 heterocycles. The number of likely N-dealkylation sites (N-methyl/N-ethyl adjacent to an activating group) is 2. The SMILES string of the molecule is CCCCCCCCN(C)CC(=O)N(C)CCCCCCCC. The maximum atomic E-state index is 12.2. The second kappa shape index (κ2) is 16.3. The molecule has 0 aromatic carbocycles. The molecule has 0 saturated heterocycles. The molecule has 23 heavy (non-hydrogen) atoms. The van der Waals surface area contributed by atoms with Crippen LogP contribution < -0.4 is 0 Å². The number of hydrogen-bond acceptors (Lipinski definition) is 2. The predicted molar refractivity (Wildman–Crippen MR) is 102 cm³/mol. The van der Waals surface area contributed by atoms with Crippen molar-refractivity contribution >= 4 is 5.91 Å². The van der Waals surface area contributed by atoms with E-state index in [1.807, 2.05) is 11.9 Å². The third-order valence-electron chi connectivity index (χ3n) is 4.57. The maximum Gasteiger partial charge on any atom is 0.236 e. The standard InChI is InChI=1S/C20H42N2O/c1-5-7-9-11-13-15-17-21(3)19-20(23)22(4)18-16-14-12-10-8-6-2/h5-19H2,1-4H3. The van der Waals surface area contributed by atoms with Gasteiger partial charge in [0.15, 0.2) is 0 Å². The van der Waals surface area contributed by atoms with E-state index < -0.39 is 0 Å². The Hall–Kier alpha value is -0.570. The second-order valence-corrected chi connectivity index (χ2v) is 7.09. The summed E-state index contributed by atoms with van der Waals surface area (Å²) in [4.78, 5) is 16.3. The lowest BCUT2D eigenvalue weighted by atomic mass is 10.1. The highest BCUT2D eigenvalue weighted by molar-refractivity contribution is 5.77. The van der Waals surface area contributed by atoms with Gasteiger partial charge in [-0.05, 0) is 26.4 Å². The number of rotatable bonds is 16. The molecule has 0 aliphatic heterocycles. The quantitative estimate of drug-likeness (QED) is 0.368. The van der Waals surface area contributed by atoms with E-state index in [1.54, 1.807) is 0 Å². The first-order chi connectivity index (χ1) is 11.1. The minimum absolute atomic E-state index is 0.270. The molecular formula is C20H42N2O. The Balaban J connectivity index is 3.57. The molecule has 1 amide bonds. The Bertz CT molecular complexity index is 268. The van der Waals surface area contributed by atoms with Crippen LogP contribution in [0, 0.1) is 0 Å². The van der Waals surface area contributed by atoms with Crippen LogP contribution in [0.5, 0.6) is 0 Å². The molecular weight excluding hydrogens is 284 g/mol. The van der Waals surface area contributed by atoms with Gasteiger partial charge in [0, 0.05) is 13.6 Å². The van der Waals surface area contributed by atoms with E-state index in [2.05, 4.69) is 25.8 Å². The van der Waals surface area contributed by atoms with E-state index >= 15 is 0 Å². The zero-order chi connectivity index (χ0) is 17.3. The molecule has 3 heteroatoms. The zero-order valence-electron chi connectivity index (χ0n) is 16.4. The summed E-state index contributed by atoms with van der Waals surface area (Å²) in [6, 6.07) is 0. The minimum atomic E-state index is 0.270. The fourth-order valence-corrected chi connectivity index (χ4v) is 2.85. The Morgan fingerprint density at radius 2 is 1.09 bits per heavy atom. The average Bonchev–Trinajstić information content (AvgIpc) is 2.53. The summed E-state index contributed by atoms with van der Waals surface area (Å²) in [6.07, 6.45) is 15.6. The van der Waals surface area contributed by atoms with Gasteiger partial charge in [0.2, 0.25) is 5.91 Å². The molecule has 0 spiro atoms. The molecule has 0 atom stereocenters. The van der Waals surface area contributed by atoms with Crippen LogP contribution in [0.2, 0.25) is 0 Å². The summed E-state index contributed by atoms with van der Waals surface area (Å²) in [5, 5.41) is 0. The lowest BCUT2D eigenvalue weighted by molar-refractivity contribution is -0.130. The molecule has 0 unspecified atom stereocenters. The van der Waals surface area contributed by atoms with Crippen LogP contribution in [0.3, 0.4) is 0 Å². The van der Waals surface area contributed by atoms with Crippen LogP contribution in [0.25, 0.3) is 0 Å². The number of amides is 1. The topological polar surface area (TPSA) is 23.6 Å². The van der Waals surface area contributed by atoms with E-state index in [1.165, 1.54) is 70.6 Å². The zero-order valence-corrected chi connectivity index (χ0v) is 16.4. The van der Waals surface area contributed by atoms with Crippen LogP contribution in [0.4, 0.5) is 0 Å². The van der Waals surface area contributed by atoms with Gasteiger partial charge >= 0.3 is 0 Å². The van der Waals surface area contributed by atoms with Crippen molar-refractivity contribution in [1.29, 1.82) is 0 Å². The molecule has 0 aliphatic rings. The van der Waals surface area contributed by atoms with E-state index in [0.29, 0.717) is 6.54 Å². The van der Waals surface area contributed by atoms with E-state index in [-0.39, 0.29) is 5.91 Å². The lowest BCUT2D eigenvalue weighted by Crippen LogP contribution is -2.37. The predicted octanol–water partition coefficient (Wildman–Crippen LogP) is 5.10. The van der Waals surface area contributed by atoms with Gasteiger partial charge in [-0.3, -0.25) is 9.69 Å². The van der Waals surface area contributed by atoms with Gasteiger partial charge in [-0.2, -0.15) is 0 Å². The molecule has 0 saturated carbocycles. The van der Waals surface area contributed by atoms with Gasteiger partial charge < -0.3 is 4.90 Å². The van der Waals surface area contributed by atoms with E-state index in [0.717, 1.165) is 19.5 Å². The lowest BCUT2D eigenvalue weighted by Gasteiger charge is -2.22. The van der Waals surface area contributed by atoms with E-state index in [9.17, 15) is 4.79 Å². The van der Waals surface area contributed by atoms with Crippen LogP contribution in [0.15, 0.2) is 0 Å². The third kappa shape index (κ3) is 14.7. The van der Waals surface area contributed by atoms with Crippen molar-refractivity contribution in [2.75, 3.05) is 33.7 Å². The Morgan fingerprint density at radius 3 is 1.61 bits per heavy atom. The second-order valence-electron chi connectivity index (χ2n) is 7.09. The smallest absolute Gasteiger partial charge is 0.236 e. The molecule has 0 rings (SSSR count). The summed E-state index contributed by atoms with van der Waals surface area (Å²) in [7, 11) is 4.02. The van der Waals surface area contributed by atoms with Crippen molar-refractivity contribution in [1.82, 2.24) is 9.80 Å². The van der Waals surface area contributed by atoms with Crippen LogP contribution in [-0.2, 0) is 4.79 Å². The van der Waals surface area contributed by atoms with Crippen molar-refractivity contribution in [2.45, 2.75) is 90.9 Å². The Labute approximate surface area is 145 Å². The number of nitrogens with zero attached hydrogens (tertiary/aromatic N) is 2. The summed E-state index contributed by atoms with van der Waals surface area (Å²) in [6.45, 7) is 7.02. The summed E-state index contributed by atoms with van der Waals surface area (Å²) < 4.78 is 0. The molecule has 0 aliphatic carbocycles. The molecule has 0 N–H and O–H groups in total. The molecule has 0 aromatic rings. The molecule has 0 aromatic heterocycles. The Kier molecular flexibility index (Phi) is 15.9. The Morgan fingerprint density at radius 1 is 0.652 bits per heavy atom. The van der Waals surface area contributed by atoms with Gasteiger partial charge in [0.05, 0.1) is 6.54 Å². The normalized spacial score (nSPS) is 11.2. The highest BCUT2D eigenvalue weighted by atomic mass is 16.2. The van der Waals surface area contributed by atoms with Gasteiger partial charge in [-0.25, -0.2) is 0 Å². The van der Waals surface area contributed by atoms with Gasteiger partial charge in [-0.15, -0.1) is 0 Å². The van der Waals surface area contributed by atoms with Crippen molar-refractivity contribution in [3.05, 3.63) is 0 Å². The van der Waals surface area contributed by atoms with Gasteiger partial charge in [-0.1, -0.05) is 78.1 Å². The third-order valence-corrected chi connectivity index (χ3v) is 4.57. The fourth-order valence-electron chi connectivity index (χ4n) is 2.85. The summed E-state index contributed by atoms with van der Waals surface area (Å²) in [5.41, 5.74) is 0. The van der Waals surface area contributed by atoms with Crippen molar-refractivity contribution in [3.8, 4) is 0 Å². The van der Waals surface area contributed by atoms with Gasteiger partial charge in [0.25, 0.3) is 0 Å².